The zero-order valence-corrected chi connectivity index (χ0v) is 15.9. The number of benzene rings is 2. The summed E-state index contributed by atoms with van der Waals surface area (Å²) in [5, 5.41) is 22.7. The molecule has 0 atom stereocenters. The van der Waals surface area contributed by atoms with E-state index in [4.69, 9.17) is 5.11 Å². The lowest BCUT2D eigenvalue weighted by molar-refractivity contribution is 0.299. The van der Waals surface area contributed by atoms with E-state index >= 15 is 0 Å². The van der Waals surface area contributed by atoms with Crippen molar-refractivity contribution in [3.05, 3.63) is 66.6 Å². The number of aromatic nitrogens is 4. The number of aliphatic hydroxyl groups excluding tert-OH is 1. The Hall–Kier alpha value is -3.50. The van der Waals surface area contributed by atoms with Crippen molar-refractivity contribution in [1.82, 2.24) is 19.6 Å². The lowest BCUT2D eigenvalue weighted by Crippen LogP contribution is -2.12. The first-order valence-electron chi connectivity index (χ1n) is 8.69. The number of nitrogens with one attached hydrogen (secondary N) is 1. The fourth-order valence-electron chi connectivity index (χ4n) is 2.90. The van der Waals surface area contributed by atoms with Gasteiger partial charge < -0.3 is 10.2 Å². The van der Waals surface area contributed by atoms with Crippen LogP contribution in [0.15, 0.2) is 66.0 Å². The highest BCUT2D eigenvalue weighted by Crippen LogP contribution is 2.26. The van der Waals surface area contributed by atoms with Crippen LogP contribution in [0.4, 0.5) is 5.69 Å². The second-order valence-corrected chi connectivity index (χ2v) is 7.95. The van der Waals surface area contributed by atoms with E-state index in [1.54, 1.807) is 36.4 Å². The van der Waals surface area contributed by atoms with Crippen molar-refractivity contribution in [3.63, 3.8) is 0 Å². The van der Waals surface area contributed by atoms with Crippen molar-refractivity contribution < 1.29 is 18.6 Å². The zero-order chi connectivity index (χ0) is 20.4. The Morgan fingerprint density at radius 2 is 1.72 bits per heavy atom. The van der Waals surface area contributed by atoms with Gasteiger partial charge in [0.05, 0.1) is 11.1 Å². The molecule has 0 radical (unpaired) electrons. The molecule has 4 rings (SSSR count). The Kier molecular flexibility index (Phi) is 4.87. The highest BCUT2D eigenvalue weighted by molar-refractivity contribution is 7.92. The summed E-state index contributed by atoms with van der Waals surface area (Å²) in [4.78, 5) is 7.88. The molecule has 0 saturated carbocycles. The predicted molar refractivity (Wildman–Crippen MR) is 106 cm³/mol. The average Bonchev–Trinajstić information content (AvgIpc) is 3.15. The summed E-state index contributed by atoms with van der Waals surface area (Å²) in [6.45, 7) is 0.0375. The summed E-state index contributed by atoms with van der Waals surface area (Å²) in [6.07, 6.45) is 3.27. The molecule has 0 spiro atoms. The van der Waals surface area contributed by atoms with Gasteiger partial charge in [-0.1, -0.05) is 24.3 Å². The van der Waals surface area contributed by atoms with Gasteiger partial charge in [-0.2, -0.15) is 14.6 Å². The largest absolute Gasteiger partial charge is 0.479 e. The molecule has 0 bridgehead atoms. The van der Waals surface area contributed by atoms with Crippen LogP contribution in [0.2, 0.25) is 0 Å². The van der Waals surface area contributed by atoms with E-state index in [1.165, 1.54) is 29.2 Å². The number of hydrogen-bond acceptors (Lipinski definition) is 7. The van der Waals surface area contributed by atoms with Crippen LogP contribution >= 0.6 is 0 Å². The lowest BCUT2D eigenvalue weighted by atomic mass is 10.1. The van der Waals surface area contributed by atoms with Crippen LogP contribution in [-0.4, -0.2) is 44.8 Å². The van der Waals surface area contributed by atoms with Crippen molar-refractivity contribution in [2.45, 2.75) is 11.3 Å². The van der Waals surface area contributed by atoms with Gasteiger partial charge in [-0.05, 0) is 41.8 Å². The Morgan fingerprint density at radius 1 is 1.00 bits per heavy atom. The molecule has 2 aromatic carbocycles. The van der Waals surface area contributed by atoms with Gasteiger partial charge in [0, 0.05) is 17.9 Å². The second-order valence-electron chi connectivity index (χ2n) is 6.27. The van der Waals surface area contributed by atoms with Crippen molar-refractivity contribution in [3.8, 4) is 17.1 Å². The molecule has 4 aromatic rings. The van der Waals surface area contributed by atoms with E-state index in [2.05, 4.69) is 19.8 Å². The number of anilines is 1. The van der Waals surface area contributed by atoms with Crippen LogP contribution < -0.4 is 4.72 Å². The first kappa shape index (κ1) is 18.8. The fourth-order valence-corrected chi connectivity index (χ4v) is 3.96. The van der Waals surface area contributed by atoms with Crippen LogP contribution in [0.5, 0.6) is 6.01 Å². The predicted octanol–water partition coefficient (Wildman–Crippen LogP) is 1.83. The summed E-state index contributed by atoms with van der Waals surface area (Å²) >= 11 is 0. The monoisotopic (exact) mass is 411 g/mol. The summed E-state index contributed by atoms with van der Waals surface area (Å²) < 4.78 is 29.0. The second kappa shape index (κ2) is 7.49. The van der Waals surface area contributed by atoms with E-state index in [0.717, 1.165) is 5.56 Å². The van der Waals surface area contributed by atoms with Crippen LogP contribution in [0.25, 0.3) is 16.8 Å². The molecule has 0 amide bonds. The van der Waals surface area contributed by atoms with Crippen LogP contribution in [0.1, 0.15) is 5.56 Å². The van der Waals surface area contributed by atoms with Gasteiger partial charge in [0.2, 0.25) is 0 Å². The van der Waals surface area contributed by atoms with Gasteiger partial charge >= 0.3 is 6.01 Å². The van der Waals surface area contributed by atoms with Crippen LogP contribution in [-0.2, 0) is 16.4 Å². The molecule has 2 aromatic heterocycles. The molecule has 0 saturated heterocycles. The molecule has 0 fully saturated rings. The average molecular weight is 411 g/mol. The molecule has 0 aliphatic carbocycles. The molecule has 0 unspecified atom stereocenters. The molecule has 3 N–H and O–H groups in total. The van der Waals surface area contributed by atoms with Gasteiger partial charge in [-0.15, -0.1) is 0 Å². The first-order chi connectivity index (χ1) is 14.0. The Balaban J connectivity index is 1.58. The molecule has 148 valence electrons. The fraction of sp³-hybridized carbons (Fsp3) is 0.105. The Labute approximate surface area is 166 Å². The number of hydrogen-bond donors (Lipinski definition) is 3. The molecule has 0 aliphatic rings. The third-order valence-corrected chi connectivity index (χ3v) is 5.77. The zero-order valence-electron chi connectivity index (χ0n) is 15.1. The normalized spacial score (nSPS) is 11.6. The summed E-state index contributed by atoms with van der Waals surface area (Å²) in [6, 6.07) is 12.8. The number of nitrogens with zero attached hydrogens (tertiary/aromatic N) is 4. The standard InChI is InChI=1S/C19H17N5O4S/c25-10-9-13-1-5-15(6-2-13)23-29(27,28)16-7-3-14(4-8-16)17-11-22-24-18(17)20-12-21-19(24)26/h1-8,11-12,23,25H,9-10H2,(H,20,21,26). The number of fused-ring (bicyclic) bond motifs is 1. The van der Waals surface area contributed by atoms with Crippen LogP contribution in [0.3, 0.4) is 0 Å². The minimum absolute atomic E-state index is 0.0375. The smallest absolute Gasteiger partial charge is 0.318 e. The van der Waals surface area contributed by atoms with E-state index in [9.17, 15) is 13.5 Å². The van der Waals surface area contributed by atoms with E-state index in [-0.39, 0.29) is 17.5 Å². The Morgan fingerprint density at radius 3 is 2.41 bits per heavy atom. The van der Waals surface area contributed by atoms with Crippen molar-refractivity contribution >= 4 is 21.4 Å². The summed E-state index contributed by atoms with van der Waals surface area (Å²) in [7, 11) is -3.76. The van der Waals surface area contributed by atoms with Crippen LogP contribution in [0, 0.1) is 0 Å². The summed E-state index contributed by atoms with van der Waals surface area (Å²) in [5.41, 5.74) is 3.10. The molecular weight excluding hydrogens is 394 g/mol. The van der Waals surface area contributed by atoms with E-state index in [1.807, 2.05) is 0 Å². The van der Waals surface area contributed by atoms with Crippen molar-refractivity contribution in [1.29, 1.82) is 0 Å². The Bertz CT molecular complexity index is 1250. The van der Waals surface area contributed by atoms with E-state index < -0.39 is 10.0 Å². The topological polar surface area (TPSA) is 130 Å². The van der Waals surface area contributed by atoms with Gasteiger partial charge in [0.15, 0.2) is 5.65 Å². The molecule has 0 aliphatic heterocycles. The third-order valence-electron chi connectivity index (χ3n) is 4.37. The van der Waals surface area contributed by atoms with Crippen molar-refractivity contribution in [2.75, 3.05) is 11.3 Å². The third kappa shape index (κ3) is 3.75. The molecular formula is C19H17N5O4S. The number of aliphatic hydroxyl groups is 1. The van der Waals surface area contributed by atoms with Crippen molar-refractivity contribution in [2.24, 2.45) is 0 Å². The van der Waals surface area contributed by atoms with Gasteiger partial charge in [-0.25, -0.2) is 13.4 Å². The first-order valence-corrected chi connectivity index (χ1v) is 10.2. The van der Waals surface area contributed by atoms with E-state index in [0.29, 0.717) is 28.9 Å². The number of sulfonamides is 1. The van der Waals surface area contributed by atoms with Gasteiger partial charge in [0.1, 0.15) is 6.33 Å². The van der Waals surface area contributed by atoms with Gasteiger partial charge in [0.25, 0.3) is 10.0 Å². The molecule has 29 heavy (non-hydrogen) atoms. The maximum absolute atomic E-state index is 12.6. The minimum Gasteiger partial charge on any atom is -0.479 e. The SMILES string of the molecule is O=S(=O)(Nc1ccc(CCO)cc1)c1ccc(-c2cnn3c(O)ncnc23)cc1. The molecule has 2 heterocycles. The maximum Gasteiger partial charge on any atom is 0.318 e. The quantitative estimate of drug-likeness (QED) is 0.441. The molecule has 9 nitrogen and oxygen atoms in total. The summed E-state index contributed by atoms with van der Waals surface area (Å²) in [5.74, 6) is 0. The lowest BCUT2D eigenvalue weighted by Gasteiger charge is -2.09. The highest BCUT2D eigenvalue weighted by Gasteiger charge is 2.16. The number of rotatable bonds is 6. The minimum atomic E-state index is -3.76. The maximum atomic E-state index is 12.6. The highest BCUT2D eigenvalue weighted by atomic mass is 32.2. The van der Waals surface area contributed by atoms with Gasteiger partial charge in [-0.3, -0.25) is 4.72 Å². The number of aromatic hydroxyl groups is 1. The molecule has 10 heteroatoms.